The van der Waals surface area contributed by atoms with Gasteiger partial charge in [-0.25, -0.2) is 18.5 Å². The predicted molar refractivity (Wildman–Crippen MR) is 92.4 cm³/mol. The predicted octanol–water partition coefficient (Wildman–Crippen LogP) is 1.93. The van der Waals surface area contributed by atoms with Gasteiger partial charge in [0.05, 0.1) is 23.3 Å². The lowest BCUT2D eigenvalue weighted by atomic mass is 10.0. The fraction of sp³-hybridized carbons (Fsp3) is 0.235. The molecule has 2 aromatic heterocycles. The van der Waals surface area contributed by atoms with Crippen molar-refractivity contribution >= 4 is 21.4 Å². The van der Waals surface area contributed by atoms with E-state index < -0.39 is 10.0 Å². The molecular weight excluding hydrogens is 324 g/mol. The molecule has 0 atom stereocenters. The normalized spacial score (nSPS) is 14.8. The lowest BCUT2D eigenvalue weighted by Crippen LogP contribution is -2.29. The third kappa shape index (κ3) is 2.65. The van der Waals surface area contributed by atoms with Crippen LogP contribution >= 0.6 is 0 Å². The second-order valence-electron chi connectivity index (χ2n) is 6.04. The maximum Gasteiger partial charge on any atom is 0.238 e. The Morgan fingerprint density at radius 2 is 2.08 bits per heavy atom. The van der Waals surface area contributed by atoms with E-state index in [0.29, 0.717) is 6.54 Å². The number of hydrogen-bond donors (Lipinski definition) is 1. The van der Waals surface area contributed by atoms with Gasteiger partial charge in [-0.3, -0.25) is 0 Å². The minimum Gasteiger partial charge on any atom is -0.365 e. The van der Waals surface area contributed by atoms with Gasteiger partial charge in [0.2, 0.25) is 10.0 Å². The Kier molecular flexibility index (Phi) is 3.54. The van der Waals surface area contributed by atoms with Gasteiger partial charge in [0.15, 0.2) is 0 Å². The lowest BCUT2D eigenvalue weighted by molar-refractivity contribution is 0.597. The molecule has 3 aromatic rings. The number of anilines is 1. The first kappa shape index (κ1) is 15.2. The monoisotopic (exact) mass is 342 g/mol. The molecule has 1 aliphatic heterocycles. The number of hydrogen-bond acceptors (Lipinski definition) is 4. The topological polar surface area (TPSA) is 80.7 Å². The van der Waals surface area contributed by atoms with Crippen molar-refractivity contribution in [1.29, 1.82) is 0 Å². The molecule has 4 rings (SSSR count). The molecule has 124 valence electrons. The Morgan fingerprint density at radius 3 is 2.92 bits per heavy atom. The van der Waals surface area contributed by atoms with Crippen molar-refractivity contribution in [2.24, 2.45) is 5.14 Å². The summed E-state index contributed by atoms with van der Waals surface area (Å²) in [6.45, 7) is 1.55. The molecule has 2 N–H and O–H groups in total. The number of pyridine rings is 1. The number of benzene rings is 1. The zero-order chi connectivity index (χ0) is 16.7. The molecule has 0 amide bonds. The third-order valence-corrected chi connectivity index (χ3v) is 5.36. The highest BCUT2D eigenvalue weighted by Gasteiger charge is 2.21. The van der Waals surface area contributed by atoms with Crippen molar-refractivity contribution < 1.29 is 8.42 Å². The number of primary sulfonamides is 1. The highest BCUT2D eigenvalue weighted by Crippen LogP contribution is 2.30. The smallest absolute Gasteiger partial charge is 0.238 e. The fourth-order valence-corrected chi connectivity index (χ4v) is 3.80. The Morgan fingerprint density at radius 1 is 1.21 bits per heavy atom. The summed E-state index contributed by atoms with van der Waals surface area (Å²) < 4.78 is 25.4. The van der Waals surface area contributed by atoms with Gasteiger partial charge in [0.25, 0.3) is 0 Å². The molecule has 0 bridgehead atoms. The van der Waals surface area contributed by atoms with Crippen LogP contribution in [0, 0.1) is 0 Å². The van der Waals surface area contributed by atoms with Crippen LogP contribution in [-0.2, 0) is 23.0 Å². The highest BCUT2D eigenvalue weighted by atomic mass is 32.2. The van der Waals surface area contributed by atoms with Gasteiger partial charge < -0.3 is 9.30 Å². The number of rotatable bonds is 3. The van der Waals surface area contributed by atoms with Crippen molar-refractivity contribution in [1.82, 2.24) is 9.38 Å². The van der Waals surface area contributed by atoms with Crippen LogP contribution in [0.4, 0.5) is 5.69 Å². The van der Waals surface area contributed by atoms with E-state index in [1.807, 2.05) is 36.7 Å². The molecule has 0 saturated carbocycles. The van der Waals surface area contributed by atoms with Crippen molar-refractivity contribution in [3.63, 3.8) is 0 Å². The van der Waals surface area contributed by atoms with Crippen molar-refractivity contribution in [2.75, 3.05) is 11.4 Å². The molecule has 0 fully saturated rings. The third-order valence-electron chi connectivity index (χ3n) is 4.45. The van der Waals surface area contributed by atoms with Gasteiger partial charge in [-0.2, -0.15) is 0 Å². The second kappa shape index (κ2) is 5.61. The highest BCUT2D eigenvalue weighted by molar-refractivity contribution is 7.89. The van der Waals surface area contributed by atoms with Crippen LogP contribution in [0.5, 0.6) is 0 Å². The Bertz CT molecular complexity index is 1010. The number of sulfonamides is 1. The summed E-state index contributed by atoms with van der Waals surface area (Å²) in [6, 6.07) is 11.0. The molecule has 0 aliphatic carbocycles. The molecule has 0 unspecified atom stereocenters. The molecule has 0 radical (unpaired) electrons. The van der Waals surface area contributed by atoms with E-state index in [1.54, 1.807) is 12.1 Å². The van der Waals surface area contributed by atoms with Crippen molar-refractivity contribution in [2.45, 2.75) is 24.3 Å². The first-order valence-corrected chi connectivity index (χ1v) is 9.39. The van der Waals surface area contributed by atoms with Crippen LogP contribution in [0.2, 0.25) is 0 Å². The molecule has 3 heterocycles. The second-order valence-corrected chi connectivity index (χ2v) is 7.60. The Labute approximate surface area is 140 Å². The average molecular weight is 342 g/mol. The van der Waals surface area contributed by atoms with Crippen LogP contribution in [0.1, 0.15) is 17.7 Å². The zero-order valence-electron chi connectivity index (χ0n) is 13.1. The van der Waals surface area contributed by atoms with Gasteiger partial charge in [-0.1, -0.05) is 12.1 Å². The minimum atomic E-state index is -3.70. The largest absolute Gasteiger partial charge is 0.365 e. The molecule has 24 heavy (non-hydrogen) atoms. The van der Waals surface area contributed by atoms with Crippen LogP contribution in [0.3, 0.4) is 0 Å². The zero-order valence-corrected chi connectivity index (χ0v) is 13.9. The molecule has 1 aliphatic rings. The molecule has 1 aromatic carbocycles. The quantitative estimate of drug-likeness (QED) is 0.789. The molecule has 0 spiro atoms. The van der Waals surface area contributed by atoms with Crippen LogP contribution < -0.4 is 10.0 Å². The molecule has 6 nitrogen and oxygen atoms in total. The number of imidazole rings is 1. The number of nitrogens with two attached hydrogens (primary N) is 1. The number of aromatic nitrogens is 2. The summed E-state index contributed by atoms with van der Waals surface area (Å²) in [5, 5.41) is 5.29. The Balaban J connectivity index is 1.73. The number of nitrogens with zero attached hydrogens (tertiary/aromatic N) is 3. The number of fused-ring (bicyclic) bond motifs is 2. The Hall–Kier alpha value is -2.38. The summed E-state index contributed by atoms with van der Waals surface area (Å²) in [7, 11) is -3.70. The summed E-state index contributed by atoms with van der Waals surface area (Å²) in [4.78, 5) is 6.77. The van der Waals surface area contributed by atoms with Crippen LogP contribution in [0.15, 0.2) is 53.7 Å². The van der Waals surface area contributed by atoms with E-state index in [1.165, 1.54) is 0 Å². The summed E-state index contributed by atoms with van der Waals surface area (Å²) in [5.74, 6) is 0. The van der Waals surface area contributed by atoms with E-state index >= 15 is 0 Å². The van der Waals surface area contributed by atoms with E-state index in [4.69, 9.17) is 5.14 Å². The van der Waals surface area contributed by atoms with Crippen molar-refractivity contribution in [3.05, 3.63) is 60.0 Å². The summed E-state index contributed by atoms with van der Waals surface area (Å²) in [5.41, 5.74) is 4.07. The van der Waals surface area contributed by atoms with E-state index in [0.717, 1.165) is 42.0 Å². The van der Waals surface area contributed by atoms with Gasteiger partial charge in [0.1, 0.15) is 5.65 Å². The van der Waals surface area contributed by atoms with Crippen molar-refractivity contribution in [3.8, 4) is 0 Å². The molecule has 7 heteroatoms. The summed E-state index contributed by atoms with van der Waals surface area (Å²) >= 11 is 0. The van der Waals surface area contributed by atoms with E-state index in [-0.39, 0.29) is 4.90 Å². The SMILES string of the molecule is NS(=O)(=O)c1ccc2c(c1)N(Cc1cnc3ccccn13)CCC2. The fourth-order valence-electron chi connectivity index (χ4n) is 3.27. The first-order valence-electron chi connectivity index (χ1n) is 7.84. The maximum atomic E-state index is 11.7. The van der Waals surface area contributed by atoms with E-state index in [9.17, 15) is 8.42 Å². The standard InChI is InChI=1S/C17H18N4O2S/c18-24(22,23)15-7-6-13-4-3-8-20(16(13)10-15)12-14-11-19-17-5-1-2-9-21(14)17/h1-2,5-7,9-11H,3-4,8,12H2,(H2,18,22,23). The molecule has 0 saturated heterocycles. The maximum absolute atomic E-state index is 11.7. The number of aryl methyl sites for hydroxylation is 1. The van der Waals surface area contributed by atoms with Crippen LogP contribution in [0.25, 0.3) is 5.65 Å². The minimum absolute atomic E-state index is 0.159. The average Bonchev–Trinajstić information content (AvgIpc) is 2.97. The summed E-state index contributed by atoms with van der Waals surface area (Å²) in [6.07, 6.45) is 5.85. The first-order chi connectivity index (χ1) is 11.5. The van der Waals surface area contributed by atoms with Gasteiger partial charge in [-0.05, 0) is 42.7 Å². The van der Waals surface area contributed by atoms with Gasteiger partial charge >= 0.3 is 0 Å². The lowest BCUT2D eigenvalue weighted by Gasteiger charge is -2.31. The van der Waals surface area contributed by atoms with Gasteiger partial charge in [0, 0.05) is 18.4 Å². The van der Waals surface area contributed by atoms with Crippen LogP contribution in [-0.4, -0.2) is 24.3 Å². The van der Waals surface area contributed by atoms with E-state index in [2.05, 4.69) is 14.3 Å². The van der Waals surface area contributed by atoms with Gasteiger partial charge in [-0.15, -0.1) is 0 Å². The molecular formula is C17H18N4O2S.